The summed E-state index contributed by atoms with van der Waals surface area (Å²) >= 11 is 5.83. The van der Waals surface area contributed by atoms with Crippen LogP contribution in [0.5, 0.6) is 0 Å². The third kappa shape index (κ3) is 2.87. The lowest BCUT2D eigenvalue weighted by atomic mass is 9.83. The predicted octanol–water partition coefficient (Wildman–Crippen LogP) is -1.23. The van der Waals surface area contributed by atoms with Crippen molar-refractivity contribution >= 4 is 30.1 Å². The van der Waals surface area contributed by atoms with Gasteiger partial charge in [0.05, 0.1) is 6.10 Å². The molecule has 1 aromatic heterocycles. The van der Waals surface area contributed by atoms with Crippen LogP contribution in [0.1, 0.15) is 12.8 Å². The van der Waals surface area contributed by atoms with Gasteiger partial charge in [0.1, 0.15) is 5.15 Å². The molecule has 0 aromatic carbocycles. The fourth-order valence-electron chi connectivity index (χ4n) is 1.75. The molecule has 0 atom stereocenters. The average Bonchev–Trinajstić information content (AvgIpc) is 2.29. The summed E-state index contributed by atoms with van der Waals surface area (Å²) < 4.78 is 0. The minimum absolute atomic E-state index is 0.0381. The number of piperidine rings is 1. The SMILES string of the molecule is OB(O)c1cnc(N2CCC(O)CC2)nc1Cl. The Kier molecular flexibility index (Phi) is 3.83. The second-order valence-corrected chi connectivity index (χ2v) is 4.37. The Balaban J connectivity index is 2.14. The van der Waals surface area contributed by atoms with Crippen molar-refractivity contribution in [2.75, 3.05) is 18.0 Å². The molecule has 0 bridgehead atoms. The van der Waals surface area contributed by atoms with Gasteiger partial charge in [-0.1, -0.05) is 11.6 Å². The molecule has 1 aromatic rings. The molecule has 17 heavy (non-hydrogen) atoms. The second-order valence-electron chi connectivity index (χ2n) is 4.01. The zero-order valence-corrected chi connectivity index (χ0v) is 9.88. The summed E-state index contributed by atoms with van der Waals surface area (Å²) in [7, 11) is -1.67. The van der Waals surface area contributed by atoms with E-state index in [1.807, 2.05) is 4.90 Å². The van der Waals surface area contributed by atoms with E-state index in [1.165, 1.54) is 6.20 Å². The maximum Gasteiger partial charge on any atom is 0.493 e. The van der Waals surface area contributed by atoms with E-state index in [-0.39, 0.29) is 16.7 Å². The Hall–Kier alpha value is -0.885. The van der Waals surface area contributed by atoms with E-state index in [2.05, 4.69) is 9.97 Å². The van der Waals surface area contributed by atoms with E-state index >= 15 is 0 Å². The van der Waals surface area contributed by atoms with Crippen LogP contribution in [-0.2, 0) is 0 Å². The molecule has 0 aliphatic carbocycles. The molecule has 1 saturated heterocycles. The number of nitrogens with zero attached hydrogens (tertiary/aromatic N) is 3. The molecule has 92 valence electrons. The number of halogens is 1. The van der Waals surface area contributed by atoms with Gasteiger partial charge in [0.25, 0.3) is 0 Å². The number of aliphatic hydroxyl groups is 1. The summed E-state index contributed by atoms with van der Waals surface area (Å²) in [6, 6.07) is 0. The van der Waals surface area contributed by atoms with Crippen LogP contribution in [0, 0.1) is 0 Å². The zero-order valence-electron chi connectivity index (χ0n) is 9.12. The molecule has 6 nitrogen and oxygen atoms in total. The quantitative estimate of drug-likeness (QED) is 0.454. The molecule has 1 aliphatic heterocycles. The van der Waals surface area contributed by atoms with Crippen molar-refractivity contribution in [2.45, 2.75) is 18.9 Å². The summed E-state index contributed by atoms with van der Waals surface area (Å²) in [5.74, 6) is 0.450. The van der Waals surface area contributed by atoms with Crippen LogP contribution in [0.4, 0.5) is 5.95 Å². The molecule has 3 N–H and O–H groups in total. The van der Waals surface area contributed by atoms with Crippen LogP contribution in [0.3, 0.4) is 0 Å². The largest absolute Gasteiger partial charge is 0.493 e. The van der Waals surface area contributed by atoms with E-state index in [0.29, 0.717) is 31.9 Å². The highest BCUT2D eigenvalue weighted by atomic mass is 35.5. The average molecular weight is 257 g/mol. The van der Waals surface area contributed by atoms with Crippen molar-refractivity contribution in [1.82, 2.24) is 9.97 Å². The molecular formula is C9H13BClN3O3. The first-order valence-electron chi connectivity index (χ1n) is 5.39. The minimum Gasteiger partial charge on any atom is -0.423 e. The van der Waals surface area contributed by atoms with Crippen LogP contribution in [0.15, 0.2) is 6.20 Å². The molecule has 0 unspecified atom stereocenters. The topological polar surface area (TPSA) is 89.7 Å². The van der Waals surface area contributed by atoms with Crippen LogP contribution >= 0.6 is 11.6 Å². The Morgan fingerprint density at radius 2 is 2.00 bits per heavy atom. The molecule has 1 fully saturated rings. The van der Waals surface area contributed by atoms with E-state index < -0.39 is 7.12 Å². The Labute approximate surface area is 104 Å². The van der Waals surface area contributed by atoms with Gasteiger partial charge in [-0.15, -0.1) is 0 Å². The van der Waals surface area contributed by atoms with Crippen molar-refractivity contribution in [3.8, 4) is 0 Å². The number of hydrogen-bond donors (Lipinski definition) is 3. The van der Waals surface area contributed by atoms with Crippen LogP contribution in [0.2, 0.25) is 5.15 Å². The lowest BCUT2D eigenvalue weighted by Gasteiger charge is -2.29. The molecule has 2 heterocycles. The van der Waals surface area contributed by atoms with Crippen LogP contribution < -0.4 is 10.4 Å². The molecule has 0 radical (unpaired) electrons. The lowest BCUT2D eigenvalue weighted by Crippen LogP contribution is -2.38. The van der Waals surface area contributed by atoms with E-state index in [9.17, 15) is 5.11 Å². The number of rotatable bonds is 2. The molecule has 0 saturated carbocycles. The highest BCUT2D eigenvalue weighted by Gasteiger charge is 2.22. The third-order valence-corrected chi connectivity index (χ3v) is 3.08. The first-order chi connectivity index (χ1) is 8.08. The first kappa shape index (κ1) is 12.6. The number of hydrogen-bond acceptors (Lipinski definition) is 6. The van der Waals surface area contributed by atoms with Gasteiger partial charge < -0.3 is 20.1 Å². The molecular weight excluding hydrogens is 244 g/mol. The lowest BCUT2D eigenvalue weighted by molar-refractivity contribution is 0.145. The summed E-state index contributed by atoms with van der Waals surface area (Å²) in [6.45, 7) is 1.33. The van der Waals surface area contributed by atoms with Gasteiger partial charge in [0.2, 0.25) is 5.95 Å². The van der Waals surface area contributed by atoms with E-state index in [0.717, 1.165) is 0 Å². The summed E-state index contributed by atoms with van der Waals surface area (Å²) in [5.41, 5.74) is 0.0902. The summed E-state index contributed by atoms with van der Waals surface area (Å²) in [4.78, 5) is 9.97. The van der Waals surface area contributed by atoms with Crippen molar-refractivity contribution in [2.24, 2.45) is 0 Å². The summed E-state index contributed by atoms with van der Waals surface area (Å²) in [5, 5.41) is 27.4. The van der Waals surface area contributed by atoms with Gasteiger partial charge >= 0.3 is 7.12 Å². The fourth-order valence-corrected chi connectivity index (χ4v) is 1.98. The van der Waals surface area contributed by atoms with E-state index in [1.54, 1.807) is 0 Å². The minimum atomic E-state index is -1.67. The van der Waals surface area contributed by atoms with Crippen molar-refractivity contribution < 1.29 is 15.2 Å². The van der Waals surface area contributed by atoms with Gasteiger partial charge in [0, 0.05) is 24.7 Å². The van der Waals surface area contributed by atoms with Gasteiger partial charge in [-0.2, -0.15) is 0 Å². The molecule has 8 heteroatoms. The molecule has 0 spiro atoms. The van der Waals surface area contributed by atoms with Gasteiger partial charge in [-0.05, 0) is 12.8 Å². The number of aliphatic hydroxyl groups excluding tert-OH is 1. The van der Waals surface area contributed by atoms with E-state index in [4.69, 9.17) is 21.6 Å². The predicted molar refractivity (Wildman–Crippen MR) is 64.3 cm³/mol. The van der Waals surface area contributed by atoms with Crippen LogP contribution in [0.25, 0.3) is 0 Å². The highest BCUT2D eigenvalue weighted by Crippen LogP contribution is 2.16. The highest BCUT2D eigenvalue weighted by molar-refractivity contribution is 6.62. The van der Waals surface area contributed by atoms with Gasteiger partial charge in [-0.3, -0.25) is 0 Å². The Morgan fingerprint density at radius 3 is 2.53 bits per heavy atom. The Morgan fingerprint density at radius 1 is 1.35 bits per heavy atom. The van der Waals surface area contributed by atoms with Crippen LogP contribution in [-0.4, -0.2) is 51.4 Å². The van der Waals surface area contributed by atoms with Gasteiger partial charge in [0.15, 0.2) is 0 Å². The summed E-state index contributed by atoms with van der Waals surface area (Å²) in [6.07, 6.45) is 2.39. The molecule has 0 amide bonds. The van der Waals surface area contributed by atoms with Crippen molar-refractivity contribution in [3.05, 3.63) is 11.3 Å². The monoisotopic (exact) mass is 257 g/mol. The maximum absolute atomic E-state index is 9.39. The van der Waals surface area contributed by atoms with Gasteiger partial charge in [-0.25, -0.2) is 9.97 Å². The van der Waals surface area contributed by atoms with Crippen molar-refractivity contribution in [3.63, 3.8) is 0 Å². The first-order valence-corrected chi connectivity index (χ1v) is 5.77. The number of aromatic nitrogens is 2. The zero-order chi connectivity index (χ0) is 12.4. The molecule has 2 rings (SSSR count). The normalized spacial score (nSPS) is 17.3. The number of anilines is 1. The van der Waals surface area contributed by atoms with Crippen molar-refractivity contribution in [1.29, 1.82) is 0 Å². The molecule has 1 aliphatic rings. The third-order valence-electron chi connectivity index (χ3n) is 2.78. The fraction of sp³-hybridized carbons (Fsp3) is 0.556. The maximum atomic E-state index is 9.39. The Bertz CT molecular complexity index is 399. The standard InChI is InChI=1S/C9H13BClN3O3/c11-8-7(10(16)17)5-12-9(13-8)14-3-1-6(15)2-4-14/h5-6,15-17H,1-4H2. The smallest absolute Gasteiger partial charge is 0.423 e. The second kappa shape index (κ2) is 5.18.